The number of ether oxygens (including phenoxy) is 1. The quantitative estimate of drug-likeness (QED) is 0.610. The largest absolute Gasteiger partial charge is 0.370 e. The summed E-state index contributed by atoms with van der Waals surface area (Å²) in [4.78, 5) is 20.3. The number of aromatic amines is 1. The highest BCUT2D eigenvalue weighted by Gasteiger charge is 2.21. The van der Waals surface area contributed by atoms with Crippen molar-refractivity contribution in [2.75, 3.05) is 11.9 Å². The highest BCUT2D eigenvalue weighted by molar-refractivity contribution is 5.96. The summed E-state index contributed by atoms with van der Waals surface area (Å²) in [6.07, 6.45) is 2.08. The number of halogens is 2. The van der Waals surface area contributed by atoms with Gasteiger partial charge in [-0.3, -0.25) is 4.79 Å². The van der Waals surface area contributed by atoms with E-state index in [2.05, 4.69) is 15.3 Å². The second-order valence-corrected chi connectivity index (χ2v) is 6.23. The zero-order chi connectivity index (χ0) is 17.2. The van der Waals surface area contributed by atoms with Crippen molar-refractivity contribution in [1.82, 2.24) is 9.97 Å². The van der Waals surface area contributed by atoms with Gasteiger partial charge in [-0.2, -0.15) is 0 Å². The van der Waals surface area contributed by atoms with Crippen LogP contribution in [-0.4, -0.2) is 22.5 Å². The van der Waals surface area contributed by atoms with Crippen LogP contribution in [0, 0.1) is 0 Å². The van der Waals surface area contributed by atoms with Crippen molar-refractivity contribution < 1.29 is 9.53 Å². The van der Waals surface area contributed by atoms with Crippen molar-refractivity contribution in [3.63, 3.8) is 0 Å². The molecule has 2 heterocycles. The van der Waals surface area contributed by atoms with Crippen LogP contribution in [0.15, 0.2) is 48.5 Å². The van der Waals surface area contributed by atoms with E-state index in [1.807, 2.05) is 48.5 Å². The smallest absolute Gasteiger partial charge is 0.245 e. The fraction of sp³-hybridized carbons (Fsp3) is 0.263. The molecular weight excluding hydrogens is 387 g/mol. The van der Waals surface area contributed by atoms with Crippen molar-refractivity contribution in [3.8, 4) is 0 Å². The van der Waals surface area contributed by atoms with Gasteiger partial charge in [-0.1, -0.05) is 30.3 Å². The first kappa shape index (κ1) is 21.2. The van der Waals surface area contributed by atoms with Crippen LogP contribution in [0.5, 0.6) is 0 Å². The van der Waals surface area contributed by atoms with E-state index in [9.17, 15) is 4.79 Å². The van der Waals surface area contributed by atoms with Gasteiger partial charge in [0.05, 0.1) is 11.0 Å². The van der Waals surface area contributed by atoms with E-state index in [-0.39, 0.29) is 36.8 Å². The molecule has 8 heteroatoms. The standard InChI is InChI=1S/C19H20N4O2.2ClH/c20-17(12-5-2-1-3-6-12)19(24)21-13-8-9-14-15(11-13)23-18(22-14)16-7-4-10-25-16;;/h1-3,5-6,8-9,11,16-17H,4,7,10,20H2,(H,21,24)(H,22,23);2*1H. The Morgan fingerprint density at radius 3 is 2.70 bits per heavy atom. The fourth-order valence-electron chi connectivity index (χ4n) is 3.08. The van der Waals surface area contributed by atoms with Gasteiger partial charge in [0.2, 0.25) is 5.91 Å². The van der Waals surface area contributed by atoms with Crippen LogP contribution in [0.1, 0.15) is 36.4 Å². The summed E-state index contributed by atoms with van der Waals surface area (Å²) in [5.74, 6) is 0.598. The minimum absolute atomic E-state index is 0. The average molecular weight is 409 g/mol. The van der Waals surface area contributed by atoms with Gasteiger partial charge in [-0.05, 0) is 36.6 Å². The normalized spacial score (nSPS) is 17.0. The van der Waals surface area contributed by atoms with Crippen LogP contribution in [-0.2, 0) is 9.53 Å². The number of nitrogens with zero attached hydrogens (tertiary/aromatic N) is 1. The van der Waals surface area contributed by atoms with Crippen LogP contribution in [0.3, 0.4) is 0 Å². The molecule has 0 aliphatic carbocycles. The number of nitrogens with two attached hydrogens (primary N) is 1. The molecule has 4 rings (SSSR count). The molecule has 2 aromatic carbocycles. The number of aromatic nitrogens is 2. The highest BCUT2D eigenvalue weighted by atomic mass is 35.5. The number of imidazole rings is 1. The van der Waals surface area contributed by atoms with Gasteiger partial charge in [0.1, 0.15) is 18.0 Å². The van der Waals surface area contributed by atoms with Crippen LogP contribution in [0.4, 0.5) is 5.69 Å². The fourth-order valence-corrected chi connectivity index (χ4v) is 3.08. The Labute approximate surface area is 169 Å². The van der Waals surface area contributed by atoms with Crippen molar-refractivity contribution in [1.29, 1.82) is 0 Å². The third-order valence-corrected chi connectivity index (χ3v) is 4.44. The number of hydrogen-bond acceptors (Lipinski definition) is 4. The van der Waals surface area contributed by atoms with Gasteiger partial charge >= 0.3 is 0 Å². The van der Waals surface area contributed by atoms with E-state index in [1.54, 1.807) is 0 Å². The summed E-state index contributed by atoms with van der Waals surface area (Å²) in [7, 11) is 0. The lowest BCUT2D eigenvalue weighted by molar-refractivity contribution is -0.117. The first-order chi connectivity index (χ1) is 12.2. The molecule has 144 valence electrons. The Hall–Kier alpha value is -2.12. The summed E-state index contributed by atoms with van der Waals surface area (Å²) in [6.45, 7) is 0.778. The molecule has 3 aromatic rings. The topological polar surface area (TPSA) is 93.0 Å². The number of anilines is 1. The van der Waals surface area contributed by atoms with Crippen LogP contribution >= 0.6 is 24.8 Å². The van der Waals surface area contributed by atoms with Gasteiger partial charge in [0.15, 0.2) is 0 Å². The number of carbonyl (C=O) groups excluding carboxylic acids is 1. The van der Waals surface area contributed by atoms with Crippen LogP contribution < -0.4 is 11.1 Å². The number of carbonyl (C=O) groups is 1. The number of fused-ring (bicyclic) bond motifs is 1. The first-order valence-corrected chi connectivity index (χ1v) is 8.43. The number of amides is 1. The maximum atomic E-state index is 12.4. The van der Waals surface area contributed by atoms with Gasteiger partial charge in [-0.15, -0.1) is 24.8 Å². The number of H-pyrrole nitrogens is 1. The average Bonchev–Trinajstić information content (AvgIpc) is 3.30. The minimum Gasteiger partial charge on any atom is -0.370 e. The predicted molar refractivity (Wildman–Crippen MR) is 111 cm³/mol. The Bertz CT molecular complexity index is 895. The lowest BCUT2D eigenvalue weighted by atomic mass is 10.1. The van der Waals surface area contributed by atoms with Gasteiger partial charge < -0.3 is 20.8 Å². The van der Waals surface area contributed by atoms with Crippen molar-refractivity contribution in [2.24, 2.45) is 5.73 Å². The molecule has 1 amide bonds. The van der Waals surface area contributed by atoms with Gasteiger partial charge in [-0.25, -0.2) is 4.98 Å². The summed E-state index contributed by atoms with van der Waals surface area (Å²) < 4.78 is 5.66. The number of nitrogens with one attached hydrogen (secondary N) is 2. The molecular formula is C19H22Cl2N4O2. The van der Waals surface area contributed by atoms with E-state index >= 15 is 0 Å². The zero-order valence-corrected chi connectivity index (χ0v) is 16.2. The minimum atomic E-state index is -0.707. The highest BCUT2D eigenvalue weighted by Crippen LogP contribution is 2.28. The molecule has 1 aliphatic rings. The second-order valence-electron chi connectivity index (χ2n) is 6.23. The maximum Gasteiger partial charge on any atom is 0.245 e. The SMILES string of the molecule is Cl.Cl.NC(C(=O)Nc1ccc2nc(C3CCCO3)[nH]c2c1)c1ccccc1. The number of rotatable bonds is 4. The molecule has 0 bridgehead atoms. The molecule has 0 radical (unpaired) electrons. The van der Waals surface area contributed by atoms with E-state index in [0.29, 0.717) is 5.69 Å². The second kappa shape index (κ2) is 9.19. The molecule has 2 unspecified atom stereocenters. The summed E-state index contributed by atoms with van der Waals surface area (Å²) >= 11 is 0. The van der Waals surface area contributed by atoms with E-state index < -0.39 is 6.04 Å². The van der Waals surface area contributed by atoms with Crippen molar-refractivity contribution >= 4 is 47.4 Å². The molecule has 1 aliphatic heterocycles. The van der Waals surface area contributed by atoms with Crippen molar-refractivity contribution in [2.45, 2.75) is 25.0 Å². The molecule has 1 aromatic heterocycles. The summed E-state index contributed by atoms with van der Waals surface area (Å²) in [5, 5.41) is 2.87. The van der Waals surface area contributed by atoms with Gasteiger partial charge in [0, 0.05) is 12.3 Å². The summed E-state index contributed by atoms with van der Waals surface area (Å²) in [5.41, 5.74) is 9.23. The predicted octanol–water partition coefficient (Wildman–Crippen LogP) is 3.90. The number of hydrogen-bond donors (Lipinski definition) is 3. The summed E-state index contributed by atoms with van der Waals surface area (Å²) in [6, 6.07) is 14.2. The molecule has 0 saturated carbocycles. The Kier molecular flexibility index (Phi) is 7.21. The lowest BCUT2D eigenvalue weighted by Crippen LogP contribution is -2.27. The number of benzene rings is 2. The third-order valence-electron chi connectivity index (χ3n) is 4.44. The third kappa shape index (κ3) is 4.59. The van der Waals surface area contributed by atoms with Gasteiger partial charge in [0.25, 0.3) is 0 Å². The van der Waals surface area contributed by atoms with E-state index in [4.69, 9.17) is 10.5 Å². The lowest BCUT2D eigenvalue weighted by Gasteiger charge is -2.12. The Balaban J connectivity index is 0.00000131. The van der Waals surface area contributed by atoms with Crippen LogP contribution in [0.2, 0.25) is 0 Å². The molecule has 1 saturated heterocycles. The van der Waals surface area contributed by atoms with E-state index in [1.165, 1.54) is 0 Å². The molecule has 27 heavy (non-hydrogen) atoms. The van der Waals surface area contributed by atoms with E-state index in [0.717, 1.165) is 41.9 Å². The molecule has 6 nitrogen and oxygen atoms in total. The maximum absolute atomic E-state index is 12.4. The Morgan fingerprint density at radius 1 is 1.22 bits per heavy atom. The molecule has 1 fully saturated rings. The van der Waals surface area contributed by atoms with Crippen molar-refractivity contribution in [3.05, 3.63) is 59.9 Å². The van der Waals surface area contributed by atoms with Crippen LogP contribution in [0.25, 0.3) is 11.0 Å². The molecule has 0 spiro atoms. The molecule has 4 N–H and O–H groups in total. The Morgan fingerprint density at radius 2 is 2.00 bits per heavy atom. The zero-order valence-electron chi connectivity index (χ0n) is 14.6. The first-order valence-electron chi connectivity index (χ1n) is 8.43. The monoisotopic (exact) mass is 408 g/mol. The molecule has 2 atom stereocenters.